The number of amides is 2. The lowest BCUT2D eigenvalue weighted by atomic mass is 10.1. The molecule has 0 bridgehead atoms. The Hall–Kier alpha value is -2.69. The highest BCUT2D eigenvalue weighted by atomic mass is 19.1. The van der Waals surface area contributed by atoms with Gasteiger partial charge in [0.15, 0.2) is 0 Å². The summed E-state index contributed by atoms with van der Waals surface area (Å²) in [5.74, 6) is -0.718. The number of nitrogens with zero attached hydrogens (tertiary/aromatic N) is 1. The largest absolute Gasteiger partial charge is 0.336 e. The lowest BCUT2D eigenvalue weighted by Gasteiger charge is -2.17. The Balaban J connectivity index is 1.80. The number of nitrogens with one attached hydrogen (secondary N) is 1. The van der Waals surface area contributed by atoms with Crippen LogP contribution in [0.5, 0.6) is 0 Å². The number of aryl methyl sites for hydroxylation is 2. The molecule has 0 aromatic heterocycles. The van der Waals surface area contributed by atoms with Crippen molar-refractivity contribution in [3.8, 4) is 0 Å². The summed E-state index contributed by atoms with van der Waals surface area (Å²) in [7, 11) is 1.59. The van der Waals surface area contributed by atoms with Gasteiger partial charge in [-0.2, -0.15) is 0 Å². The van der Waals surface area contributed by atoms with Crippen LogP contribution >= 0.6 is 0 Å². The molecule has 4 nitrogen and oxygen atoms in total. The molecule has 0 aliphatic rings. The van der Waals surface area contributed by atoms with E-state index >= 15 is 0 Å². The van der Waals surface area contributed by atoms with Gasteiger partial charge >= 0.3 is 0 Å². The van der Waals surface area contributed by atoms with Crippen LogP contribution in [0.4, 0.5) is 10.1 Å². The molecule has 0 aliphatic heterocycles. The van der Waals surface area contributed by atoms with E-state index in [-0.39, 0.29) is 30.6 Å². The zero-order valence-electron chi connectivity index (χ0n) is 13.9. The van der Waals surface area contributed by atoms with Gasteiger partial charge in [0, 0.05) is 19.2 Å². The van der Waals surface area contributed by atoms with Crippen molar-refractivity contribution in [3.05, 3.63) is 65.5 Å². The molecule has 2 rings (SSSR count). The van der Waals surface area contributed by atoms with Gasteiger partial charge in [0.05, 0.1) is 6.54 Å². The topological polar surface area (TPSA) is 49.4 Å². The van der Waals surface area contributed by atoms with E-state index in [4.69, 9.17) is 0 Å². The van der Waals surface area contributed by atoms with Gasteiger partial charge < -0.3 is 10.2 Å². The van der Waals surface area contributed by atoms with Crippen molar-refractivity contribution in [1.82, 2.24) is 4.90 Å². The van der Waals surface area contributed by atoms with Crippen LogP contribution in [0.2, 0.25) is 0 Å². The SMILES string of the molecule is Cc1ccc(NC(=O)CN(C)C(=O)CCc2cccc(F)c2)cc1. The monoisotopic (exact) mass is 328 g/mol. The van der Waals surface area contributed by atoms with Crippen LogP contribution in [-0.4, -0.2) is 30.3 Å². The van der Waals surface area contributed by atoms with E-state index in [9.17, 15) is 14.0 Å². The molecule has 0 heterocycles. The summed E-state index contributed by atoms with van der Waals surface area (Å²) >= 11 is 0. The molecule has 0 saturated heterocycles. The van der Waals surface area contributed by atoms with E-state index in [1.165, 1.54) is 17.0 Å². The molecule has 0 aliphatic carbocycles. The van der Waals surface area contributed by atoms with Gasteiger partial charge in [-0.25, -0.2) is 4.39 Å². The first-order valence-electron chi connectivity index (χ1n) is 7.79. The summed E-state index contributed by atoms with van der Waals surface area (Å²) in [6, 6.07) is 13.6. The quantitative estimate of drug-likeness (QED) is 0.885. The van der Waals surface area contributed by atoms with Crippen LogP contribution in [0.1, 0.15) is 17.5 Å². The van der Waals surface area contributed by atoms with Crippen LogP contribution in [0.15, 0.2) is 48.5 Å². The minimum Gasteiger partial charge on any atom is -0.336 e. The lowest BCUT2D eigenvalue weighted by Crippen LogP contribution is -2.35. The summed E-state index contributed by atoms with van der Waals surface area (Å²) in [5.41, 5.74) is 2.57. The first-order valence-corrected chi connectivity index (χ1v) is 7.79. The van der Waals surface area contributed by atoms with E-state index in [0.717, 1.165) is 11.1 Å². The van der Waals surface area contributed by atoms with Gasteiger partial charge in [0.25, 0.3) is 0 Å². The third-order valence-electron chi connectivity index (χ3n) is 3.66. The third-order valence-corrected chi connectivity index (χ3v) is 3.66. The smallest absolute Gasteiger partial charge is 0.243 e. The molecule has 0 atom stereocenters. The van der Waals surface area contributed by atoms with Crippen molar-refractivity contribution in [3.63, 3.8) is 0 Å². The molecule has 2 aromatic rings. The minimum atomic E-state index is -0.314. The summed E-state index contributed by atoms with van der Waals surface area (Å²) in [4.78, 5) is 25.4. The van der Waals surface area contributed by atoms with Gasteiger partial charge in [-0.3, -0.25) is 9.59 Å². The maximum atomic E-state index is 13.1. The zero-order chi connectivity index (χ0) is 17.5. The van der Waals surface area contributed by atoms with Crippen molar-refractivity contribution < 1.29 is 14.0 Å². The number of likely N-dealkylation sites (N-methyl/N-ethyl adjacent to an activating group) is 1. The van der Waals surface area contributed by atoms with Gasteiger partial charge in [-0.05, 0) is 43.2 Å². The summed E-state index contributed by atoms with van der Waals surface area (Å²) in [6.45, 7) is 1.95. The fraction of sp³-hybridized carbons (Fsp3) is 0.263. The van der Waals surface area contributed by atoms with Crippen LogP contribution in [0, 0.1) is 12.7 Å². The average Bonchev–Trinajstić information content (AvgIpc) is 2.54. The number of hydrogen-bond donors (Lipinski definition) is 1. The van der Waals surface area contributed by atoms with Crippen molar-refractivity contribution in [2.45, 2.75) is 19.8 Å². The molecule has 0 radical (unpaired) electrons. The molecule has 2 amide bonds. The lowest BCUT2D eigenvalue weighted by molar-refractivity contribution is -0.133. The standard InChI is InChI=1S/C19H21FN2O2/c1-14-6-9-17(10-7-14)21-18(23)13-22(2)19(24)11-8-15-4-3-5-16(20)12-15/h3-7,9-10,12H,8,11,13H2,1-2H3,(H,21,23). The Morgan fingerprint density at radius 2 is 1.83 bits per heavy atom. The number of rotatable bonds is 6. The first kappa shape index (κ1) is 17.7. The molecule has 24 heavy (non-hydrogen) atoms. The minimum absolute atomic E-state index is 0.0180. The molecule has 0 spiro atoms. The summed E-state index contributed by atoms with van der Waals surface area (Å²) < 4.78 is 13.1. The predicted molar refractivity (Wildman–Crippen MR) is 92.2 cm³/mol. The molecule has 5 heteroatoms. The number of anilines is 1. The van der Waals surface area contributed by atoms with Crippen LogP contribution in [0.3, 0.4) is 0 Å². The molecule has 0 fully saturated rings. The molecular formula is C19H21FN2O2. The van der Waals surface area contributed by atoms with E-state index in [1.54, 1.807) is 19.2 Å². The molecule has 0 unspecified atom stereocenters. The fourth-order valence-electron chi connectivity index (χ4n) is 2.28. The normalized spacial score (nSPS) is 10.3. The Kier molecular flexibility index (Phi) is 6.07. The molecule has 1 N–H and O–H groups in total. The van der Waals surface area contributed by atoms with Gasteiger partial charge in [-0.15, -0.1) is 0 Å². The maximum Gasteiger partial charge on any atom is 0.243 e. The van der Waals surface area contributed by atoms with Gasteiger partial charge in [0.2, 0.25) is 11.8 Å². The van der Waals surface area contributed by atoms with Gasteiger partial charge in [0.1, 0.15) is 5.82 Å². The maximum absolute atomic E-state index is 13.1. The highest BCUT2D eigenvalue weighted by Crippen LogP contribution is 2.09. The number of halogens is 1. The van der Waals surface area contributed by atoms with Crippen molar-refractivity contribution >= 4 is 17.5 Å². The molecule has 126 valence electrons. The van der Waals surface area contributed by atoms with Crippen molar-refractivity contribution in [1.29, 1.82) is 0 Å². The van der Waals surface area contributed by atoms with Crippen LogP contribution < -0.4 is 5.32 Å². The second kappa shape index (κ2) is 8.24. The fourth-order valence-corrected chi connectivity index (χ4v) is 2.28. The van der Waals surface area contributed by atoms with E-state index in [2.05, 4.69) is 5.32 Å². The highest BCUT2D eigenvalue weighted by molar-refractivity contribution is 5.94. The van der Waals surface area contributed by atoms with Crippen LogP contribution in [-0.2, 0) is 16.0 Å². The Morgan fingerprint density at radius 1 is 1.12 bits per heavy atom. The summed E-state index contributed by atoms with van der Waals surface area (Å²) in [6.07, 6.45) is 0.679. The molecule has 0 saturated carbocycles. The zero-order valence-corrected chi connectivity index (χ0v) is 13.9. The van der Waals surface area contributed by atoms with Crippen molar-refractivity contribution in [2.24, 2.45) is 0 Å². The van der Waals surface area contributed by atoms with E-state index in [0.29, 0.717) is 12.1 Å². The number of carbonyl (C=O) groups excluding carboxylic acids is 2. The Bertz CT molecular complexity index is 714. The van der Waals surface area contributed by atoms with Crippen LogP contribution in [0.25, 0.3) is 0 Å². The van der Waals surface area contributed by atoms with E-state index < -0.39 is 0 Å². The Morgan fingerprint density at radius 3 is 2.50 bits per heavy atom. The van der Waals surface area contributed by atoms with Gasteiger partial charge in [-0.1, -0.05) is 29.8 Å². The highest BCUT2D eigenvalue weighted by Gasteiger charge is 2.13. The second-order valence-corrected chi connectivity index (χ2v) is 5.79. The summed E-state index contributed by atoms with van der Waals surface area (Å²) in [5, 5.41) is 2.75. The average molecular weight is 328 g/mol. The van der Waals surface area contributed by atoms with E-state index in [1.807, 2.05) is 31.2 Å². The van der Waals surface area contributed by atoms with Crippen molar-refractivity contribution in [2.75, 3.05) is 18.9 Å². The number of benzene rings is 2. The molecular weight excluding hydrogens is 307 g/mol. The number of carbonyl (C=O) groups is 2. The molecule has 2 aromatic carbocycles. The predicted octanol–water partition coefficient (Wildman–Crippen LogP) is 3.16. The Labute approximate surface area is 141 Å². The first-order chi connectivity index (χ1) is 11.4. The second-order valence-electron chi connectivity index (χ2n) is 5.79. The number of hydrogen-bond acceptors (Lipinski definition) is 2. The third kappa shape index (κ3) is 5.50.